The van der Waals surface area contributed by atoms with Crippen LogP contribution in [0.3, 0.4) is 0 Å². The number of carbonyl (C=O) groups is 1. The highest BCUT2D eigenvalue weighted by molar-refractivity contribution is 7.09. The first-order chi connectivity index (χ1) is 8.29. The molecule has 1 atom stereocenters. The van der Waals surface area contributed by atoms with E-state index in [-0.39, 0.29) is 12.4 Å². The van der Waals surface area contributed by atoms with E-state index in [2.05, 4.69) is 23.7 Å². The molecule has 18 heavy (non-hydrogen) atoms. The Balaban J connectivity index is 0.00000162. The Morgan fingerprint density at radius 1 is 1.61 bits per heavy atom. The van der Waals surface area contributed by atoms with Gasteiger partial charge in [-0.1, -0.05) is 6.07 Å². The van der Waals surface area contributed by atoms with Crippen LogP contribution in [0, 0.1) is 5.92 Å². The molecule has 2 rings (SSSR count). The number of thiophene rings is 1. The van der Waals surface area contributed by atoms with Crippen LogP contribution in [0.4, 0.5) is 0 Å². The van der Waals surface area contributed by atoms with Crippen LogP contribution in [0.2, 0.25) is 0 Å². The van der Waals surface area contributed by atoms with Crippen molar-refractivity contribution in [2.24, 2.45) is 5.92 Å². The van der Waals surface area contributed by atoms with E-state index in [1.165, 1.54) is 4.88 Å². The van der Waals surface area contributed by atoms with Crippen LogP contribution in [0.15, 0.2) is 17.5 Å². The Labute approximate surface area is 119 Å². The molecular weight excluding hydrogens is 268 g/mol. The Hall–Kier alpha value is -0.580. The van der Waals surface area contributed by atoms with E-state index in [9.17, 15) is 4.79 Å². The summed E-state index contributed by atoms with van der Waals surface area (Å²) in [5, 5.41) is 5.38. The van der Waals surface area contributed by atoms with Crippen molar-refractivity contribution >= 4 is 29.7 Å². The lowest BCUT2D eigenvalue weighted by Crippen LogP contribution is -2.31. The fraction of sp³-hybridized carbons (Fsp3) is 0.615. The first kappa shape index (κ1) is 15.5. The van der Waals surface area contributed by atoms with Crippen molar-refractivity contribution in [2.45, 2.75) is 26.3 Å². The van der Waals surface area contributed by atoms with Gasteiger partial charge in [-0.15, -0.1) is 23.7 Å². The first-order valence-corrected chi connectivity index (χ1v) is 7.18. The van der Waals surface area contributed by atoms with E-state index in [1.54, 1.807) is 11.3 Å². The maximum absolute atomic E-state index is 12.2. The van der Waals surface area contributed by atoms with Crippen molar-refractivity contribution in [3.05, 3.63) is 22.4 Å². The van der Waals surface area contributed by atoms with Gasteiger partial charge in [0.05, 0.1) is 6.54 Å². The minimum Gasteiger partial charge on any atom is -0.338 e. The standard InChI is InChI=1S/C13H20N2OS.ClH/c1-2-15(10-12-4-3-7-17-12)13(16)8-11-5-6-14-9-11;/h3-4,7,11,14H,2,5-6,8-10H2,1H3;1H. The Bertz CT molecular complexity index is 350. The molecular formula is C13H21ClN2OS. The third kappa shape index (κ3) is 4.26. The molecule has 1 aromatic rings. The minimum atomic E-state index is 0. The fourth-order valence-corrected chi connectivity index (χ4v) is 2.95. The molecule has 0 bridgehead atoms. The number of hydrogen-bond acceptors (Lipinski definition) is 3. The third-order valence-electron chi connectivity index (χ3n) is 3.29. The van der Waals surface area contributed by atoms with Crippen LogP contribution in [0.5, 0.6) is 0 Å². The van der Waals surface area contributed by atoms with E-state index in [1.807, 2.05) is 11.0 Å². The van der Waals surface area contributed by atoms with Crippen molar-refractivity contribution < 1.29 is 4.79 Å². The second kappa shape index (κ2) is 7.77. The molecule has 0 spiro atoms. The van der Waals surface area contributed by atoms with Gasteiger partial charge in [-0.25, -0.2) is 0 Å². The summed E-state index contributed by atoms with van der Waals surface area (Å²) in [7, 11) is 0. The molecule has 1 aliphatic rings. The molecule has 1 N–H and O–H groups in total. The number of rotatable bonds is 5. The third-order valence-corrected chi connectivity index (χ3v) is 4.15. The van der Waals surface area contributed by atoms with Crippen molar-refractivity contribution in [3.63, 3.8) is 0 Å². The molecule has 0 aliphatic carbocycles. The summed E-state index contributed by atoms with van der Waals surface area (Å²) in [4.78, 5) is 15.4. The maximum Gasteiger partial charge on any atom is 0.223 e. The molecule has 5 heteroatoms. The monoisotopic (exact) mass is 288 g/mol. The molecule has 2 heterocycles. The smallest absolute Gasteiger partial charge is 0.223 e. The number of nitrogens with zero attached hydrogens (tertiary/aromatic N) is 1. The molecule has 1 unspecified atom stereocenters. The van der Waals surface area contributed by atoms with Crippen LogP contribution in [-0.2, 0) is 11.3 Å². The minimum absolute atomic E-state index is 0. The van der Waals surface area contributed by atoms with Gasteiger partial charge in [0.15, 0.2) is 0 Å². The lowest BCUT2D eigenvalue weighted by Gasteiger charge is -2.21. The van der Waals surface area contributed by atoms with Crippen molar-refractivity contribution in [2.75, 3.05) is 19.6 Å². The lowest BCUT2D eigenvalue weighted by atomic mass is 10.0. The predicted octanol–water partition coefficient (Wildman–Crippen LogP) is 2.52. The van der Waals surface area contributed by atoms with E-state index in [0.29, 0.717) is 18.2 Å². The largest absolute Gasteiger partial charge is 0.338 e. The Kier molecular flexibility index (Phi) is 6.68. The SMILES string of the molecule is CCN(Cc1cccs1)C(=O)CC1CCNC1.Cl. The number of halogens is 1. The Morgan fingerprint density at radius 3 is 3.00 bits per heavy atom. The normalized spacial score (nSPS) is 18.4. The summed E-state index contributed by atoms with van der Waals surface area (Å²) < 4.78 is 0. The first-order valence-electron chi connectivity index (χ1n) is 6.30. The van der Waals surface area contributed by atoms with Crippen LogP contribution in [0.25, 0.3) is 0 Å². The summed E-state index contributed by atoms with van der Waals surface area (Å²) in [6.45, 7) is 5.69. The predicted molar refractivity (Wildman–Crippen MR) is 78.3 cm³/mol. The summed E-state index contributed by atoms with van der Waals surface area (Å²) >= 11 is 1.72. The van der Waals surface area contributed by atoms with E-state index >= 15 is 0 Å². The molecule has 1 aromatic heterocycles. The van der Waals surface area contributed by atoms with Gasteiger partial charge in [0.2, 0.25) is 5.91 Å². The van der Waals surface area contributed by atoms with Gasteiger partial charge in [-0.3, -0.25) is 4.79 Å². The average Bonchev–Trinajstić information content (AvgIpc) is 2.97. The van der Waals surface area contributed by atoms with Crippen molar-refractivity contribution in [1.29, 1.82) is 0 Å². The van der Waals surface area contributed by atoms with Gasteiger partial charge in [-0.05, 0) is 43.8 Å². The topological polar surface area (TPSA) is 32.3 Å². The highest BCUT2D eigenvalue weighted by Crippen LogP contribution is 2.17. The molecule has 1 aliphatic heterocycles. The molecule has 3 nitrogen and oxygen atoms in total. The van der Waals surface area contributed by atoms with Crippen LogP contribution in [0.1, 0.15) is 24.6 Å². The summed E-state index contributed by atoms with van der Waals surface area (Å²) in [5.41, 5.74) is 0. The summed E-state index contributed by atoms with van der Waals surface area (Å²) in [6.07, 6.45) is 1.84. The highest BCUT2D eigenvalue weighted by Gasteiger charge is 2.21. The van der Waals surface area contributed by atoms with Crippen molar-refractivity contribution in [3.8, 4) is 0 Å². The number of amides is 1. The zero-order valence-corrected chi connectivity index (χ0v) is 12.4. The van der Waals surface area contributed by atoms with E-state index in [4.69, 9.17) is 0 Å². The zero-order chi connectivity index (χ0) is 12.1. The highest BCUT2D eigenvalue weighted by atomic mass is 35.5. The van der Waals surface area contributed by atoms with Gasteiger partial charge >= 0.3 is 0 Å². The second-order valence-electron chi connectivity index (χ2n) is 4.55. The van der Waals surface area contributed by atoms with Crippen molar-refractivity contribution in [1.82, 2.24) is 10.2 Å². The number of nitrogens with one attached hydrogen (secondary N) is 1. The molecule has 0 radical (unpaired) electrons. The number of hydrogen-bond donors (Lipinski definition) is 1. The summed E-state index contributed by atoms with van der Waals surface area (Å²) in [5.74, 6) is 0.842. The molecule has 0 aromatic carbocycles. The zero-order valence-electron chi connectivity index (χ0n) is 10.7. The number of carbonyl (C=O) groups excluding carboxylic acids is 1. The molecule has 1 saturated heterocycles. The lowest BCUT2D eigenvalue weighted by molar-refractivity contribution is -0.132. The van der Waals surface area contributed by atoms with Crippen LogP contribution in [-0.4, -0.2) is 30.4 Å². The fourth-order valence-electron chi connectivity index (χ4n) is 2.23. The molecule has 1 fully saturated rings. The van der Waals surface area contributed by atoms with E-state index < -0.39 is 0 Å². The van der Waals surface area contributed by atoms with E-state index in [0.717, 1.165) is 32.6 Å². The van der Waals surface area contributed by atoms with Gasteiger partial charge in [0, 0.05) is 17.8 Å². The van der Waals surface area contributed by atoms with Gasteiger partial charge in [0.1, 0.15) is 0 Å². The molecule has 102 valence electrons. The quantitative estimate of drug-likeness (QED) is 0.903. The van der Waals surface area contributed by atoms with Crippen LogP contribution < -0.4 is 5.32 Å². The molecule has 1 amide bonds. The van der Waals surface area contributed by atoms with Gasteiger partial charge in [-0.2, -0.15) is 0 Å². The summed E-state index contributed by atoms with van der Waals surface area (Å²) in [6, 6.07) is 4.14. The van der Waals surface area contributed by atoms with Crippen LogP contribution >= 0.6 is 23.7 Å². The van der Waals surface area contributed by atoms with Gasteiger partial charge < -0.3 is 10.2 Å². The Morgan fingerprint density at radius 2 is 2.44 bits per heavy atom. The van der Waals surface area contributed by atoms with Gasteiger partial charge in [0.25, 0.3) is 0 Å². The average molecular weight is 289 g/mol. The maximum atomic E-state index is 12.2. The molecule has 0 saturated carbocycles. The second-order valence-corrected chi connectivity index (χ2v) is 5.58.